The van der Waals surface area contributed by atoms with Gasteiger partial charge in [0.15, 0.2) is 0 Å². The van der Waals surface area contributed by atoms with Crippen LogP contribution in [0, 0.1) is 0 Å². The Labute approximate surface area is 181 Å². The maximum Gasteiger partial charge on any atom is 0.318 e. The van der Waals surface area contributed by atoms with Gasteiger partial charge in [-0.2, -0.15) is 0 Å². The third kappa shape index (κ3) is 4.90. The van der Waals surface area contributed by atoms with Crippen molar-refractivity contribution in [1.82, 2.24) is 20.1 Å². The summed E-state index contributed by atoms with van der Waals surface area (Å²) < 4.78 is 12.9. The third-order valence-corrected chi connectivity index (χ3v) is 7.80. The maximum absolute atomic E-state index is 12.9. The molecule has 160 valence electrons. The van der Waals surface area contributed by atoms with Gasteiger partial charge < -0.3 is 15.1 Å². The predicted octanol–water partition coefficient (Wildman–Crippen LogP) is 3.29. The number of likely N-dealkylation sites (tertiary alicyclic amines) is 1. The molecule has 6 nitrogen and oxygen atoms in total. The van der Waals surface area contributed by atoms with Gasteiger partial charge in [-0.3, -0.25) is 9.19 Å². The van der Waals surface area contributed by atoms with Crippen molar-refractivity contribution in [2.24, 2.45) is 0 Å². The number of carbonyl (C=O) groups excluding carboxylic acids is 1. The number of fused-ring (bicyclic) bond motifs is 1. The molecule has 7 heteroatoms. The molecule has 30 heavy (non-hydrogen) atoms. The second-order valence-corrected chi connectivity index (χ2v) is 9.87. The highest BCUT2D eigenvalue weighted by Crippen LogP contribution is 2.23. The van der Waals surface area contributed by atoms with Gasteiger partial charge in [0.25, 0.3) is 0 Å². The number of benzene rings is 1. The zero-order valence-corrected chi connectivity index (χ0v) is 18.4. The first kappa shape index (κ1) is 21.0. The summed E-state index contributed by atoms with van der Waals surface area (Å²) >= 11 is 0. The lowest BCUT2D eigenvalue weighted by molar-refractivity contribution is 0.198. The van der Waals surface area contributed by atoms with Crippen LogP contribution in [0.1, 0.15) is 42.9 Å². The zero-order chi connectivity index (χ0) is 20.9. The van der Waals surface area contributed by atoms with Gasteiger partial charge in [0, 0.05) is 42.2 Å². The molecular weight excluding hydrogens is 396 g/mol. The molecule has 0 bridgehead atoms. The standard InChI is InChI=1S/C23H30N4O2S/c1-2-11-26-12-8-22(9-13-26)30(29)21-5-3-18(4-6-21)14-25-23(28)27-16-19-7-10-24-15-20(19)17-27/h3-7,10,15,22H,2,8-9,11-14,16-17H2,1H3,(H,25,28). The van der Waals surface area contributed by atoms with Crippen LogP contribution in [0.2, 0.25) is 0 Å². The maximum atomic E-state index is 12.9. The van der Waals surface area contributed by atoms with Crippen molar-refractivity contribution < 1.29 is 9.00 Å². The van der Waals surface area contributed by atoms with Crippen molar-refractivity contribution in [3.63, 3.8) is 0 Å². The van der Waals surface area contributed by atoms with Crippen LogP contribution >= 0.6 is 0 Å². The highest BCUT2D eigenvalue weighted by Gasteiger charge is 2.25. The van der Waals surface area contributed by atoms with E-state index in [-0.39, 0.29) is 11.3 Å². The number of nitrogens with zero attached hydrogens (tertiary/aromatic N) is 3. The van der Waals surface area contributed by atoms with Crippen LogP contribution in [-0.4, -0.2) is 49.9 Å². The topological polar surface area (TPSA) is 65.5 Å². The minimum absolute atomic E-state index is 0.0716. The average molecular weight is 427 g/mol. The van der Waals surface area contributed by atoms with E-state index in [2.05, 4.69) is 22.1 Å². The minimum Gasteiger partial charge on any atom is -0.334 e. The van der Waals surface area contributed by atoms with E-state index in [9.17, 15) is 9.00 Å². The highest BCUT2D eigenvalue weighted by molar-refractivity contribution is 7.85. The number of pyridine rings is 1. The van der Waals surface area contributed by atoms with Gasteiger partial charge in [0.05, 0.1) is 10.8 Å². The fraction of sp³-hybridized carbons (Fsp3) is 0.478. The van der Waals surface area contributed by atoms with E-state index in [4.69, 9.17) is 0 Å². The summed E-state index contributed by atoms with van der Waals surface area (Å²) in [5, 5.41) is 3.24. The van der Waals surface area contributed by atoms with Crippen molar-refractivity contribution in [3.8, 4) is 0 Å². The molecule has 1 unspecified atom stereocenters. The summed E-state index contributed by atoms with van der Waals surface area (Å²) in [6, 6.07) is 9.75. The van der Waals surface area contributed by atoms with Crippen LogP contribution in [0.5, 0.6) is 0 Å². The lowest BCUT2D eigenvalue weighted by Crippen LogP contribution is -2.38. The van der Waals surface area contributed by atoms with Gasteiger partial charge in [-0.1, -0.05) is 19.1 Å². The fourth-order valence-electron chi connectivity index (χ4n) is 4.25. The Hall–Kier alpha value is -2.25. The number of hydrogen-bond acceptors (Lipinski definition) is 4. The quantitative estimate of drug-likeness (QED) is 0.770. The molecule has 3 heterocycles. The molecule has 2 aromatic rings. The first-order chi connectivity index (χ1) is 14.6. The van der Waals surface area contributed by atoms with Gasteiger partial charge in [-0.15, -0.1) is 0 Å². The first-order valence-corrected chi connectivity index (χ1v) is 12.0. The predicted molar refractivity (Wildman–Crippen MR) is 118 cm³/mol. The smallest absolute Gasteiger partial charge is 0.318 e. The zero-order valence-electron chi connectivity index (χ0n) is 17.5. The Morgan fingerprint density at radius 3 is 2.57 bits per heavy atom. The number of rotatable bonds is 6. The van der Waals surface area contributed by atoms with Crippen molar-refractivity contribution >= 4 is 16.8 Å². The van der Waals surface area contributed by atoms with Crippen molar-refractivity contribution in [2.45, 2.75) is 56.0 Å². The second-order valence-electron chi connectivity index (χ2n) is 8.14. The molecule has 2 amide bonds. The van der Waals surface area contributed by atoms with Crippen LogP contribution in [0.3, 0.4) is 0 Å². The Morgan fingerprint density at radius 2 is 1.87 bits per heavy atom. The minimum atomic E-state index is -0.963. The van der Waals surface area contributed by atoms with Gasteiger partial charge in [-0.25, -0.2) is 4.79 Å². The number of hydrogen-bond donors (Lipinski definition) is 1. The van der Waals surface area contributed by atoms with Crippen molar-refractivity contribution in [3.05, 3.63) is 59.4 Å². The van der Waals surface area contributed by atoms with Crippen molar-refractivity contribution in [2.75, 3.05) is 19.6 Å². The lowest BCUT2D eigenvalue weighted by atomic mass is 10.1. The molecule has 1 aromatic heterocycles. The lowest BCUT2D eigenvalue weighted by Gasteiger charge is -2.31. The van der Waals surface area contributed by atoms with Gasteiger partial charge in [0.2, 0.25) is 0 Å². The first-order valence-electron chi connectivity index (χ1n) is 10.8. The summed E-state index contributed by atoms with van der Waals surface area (Å²) in [7, 11) is -0.963. The summed E-state index contributed by atoms with van der Waals surface area (Å²) in [5.74, 6) is 0. The summed E-state index contributed by atoms with van der Waals surface area (Å²) in [4.78, 5) is 21.8. The van der Waals surface area contributed by atoms with Crippen LogP contribution in [0.25, 0.3) is 0 Å². The molecule has 2 aliphatic heterocycles. The van der Waals surface area contributed by atoms with E-state index in [0.29, 0.717) is 19.6 Å². The van der Waals surface area contributed by atoms with Gasteiger partial charge in [0.1, 0.15) is 0 Å². The van der Waals surface area contributed by atoms with Crippen LogP contribution in [0.4, 0.5) is 4.79 Å². The van der Waals surface area contributed by atoms with E-state index < -0.39 is 10.8 Å². The van der Waals surface area contributed by atoms with Crippen LogP contribution in [-0.2, 0) is 30.4 Å². The Kier molecular flexibility index (Phi) is 6.79. The molecule has 1 atom stereocenters. The SMILES string of the molecule is CCCN1CCC(S(=O)c2ccc(CNC(=O)N3Cc4ccncc4C3)cc2)CC1. The second kappa shape index (κ2) is 9.71. The van der Waals surface area contributed by atoms with E-state index in [0.717, 1.165) is 54.1 Å². The highest BCUT2D eigenvalue weighted by atomic mass is 32.2. The van der Waals surface area contributed by atoms with E-state index >= 15 is 0 Å². The molecule has 0 spiro atoms. The van der Waals surface area contributed by atoms with Crippen LogP contribution < -0.4 is 5.32 Å². The Bertz CT molecular complexity index is 869. The van der Waals surface area contributed by atoms with E-state index in [1.807, 2.05) is 36.5 Å². The van der Waals surface area contributed by atoms with Crippen LogP contribution in [0.15, 0.2) is 47.6 Å². The largest absolute Gasteiger partial charge is 0.334 e. The molecular formula is C23H30N4O2S. The summed E-state index contributed by atoms with van der Waals surface area (Å²) in [6.07, 6.45) is 6.76. The summed E-state index contributed by atoms with van der Waals surface area (Å²) in [6.45, 7) is 7.13. The monoisotopic (exact) mass is 426 g/mol. The molecule has 1 aromatic carbocycles. The number of carbonyl (C=O) groups is 1. The molecule has 4 rings (SSSR count). The number of urea groups is 1. The number of aromatic nitrogens is 1. The summed E-state index contributed by atoms with van der Waals surface area (Å²) in [5.41, 5.74) is 3.28. The van der Waals surface area contributed by atoms with E-state index in [1.165, 1.54) is 6.42 Å². The molecule has 1 fully saturated rings. The van der Waals surface area contributed by atoms with Gasteiger partial charge in [-0.05, 0) is 73.8 Å². The average Bonchev–Trinajstić information content (AvgIpc) is 3.23. The molecule has 2 aliphatic rings. The Balaban J connectivity index is 1.26. The number of amides is 2. The van der Waals surface area contributed by atoms with Gasteiger partial charge >= 0.3 is 6.03 Å². The van der Waals surface area contributed by atoms with E-state index in [1.54, 1.807) is 11.1 Å². The molecule has 0 saturated carbocycles. The molecule has 0 radical (unpaired) electrons. The molecule has 1 saturated heterocycles. The number of nitrogens with one attached hydrogen (secondary N) is 1. The normalized spacial score (nSPS) is 18.2. The number of piperidine rings is 1. The Morgan fingerprint density at radius 1 is 1.13 bits per heavy atom. The molecule has 1 N–H and O–H groups in total. The third-order valence-electron chi connectivity index (χ3n) is 5.99. The fourth-order valence-corrected chi connectivity index (χ4v) is 5.68. The van der Waals surface area contributed by atoms with Crippen molar-refractivity contribution in [1.29, 1.82) is 0 Å². The molecule has 0 aliphatic carbocycles.